The van der Waals surface area contributed by atoms with E-state index in [9.17, 15) is 39.0 Å². The molecule has 14 nitrogen and oxygen atoms in total. The van der Waals surface area contributed by atoms with Crippen LogP contribution in [-0.2, 0) is 28.6 Å². The van der Waals surface area contributed by atoms with Crippen molar-refractivity contribution >= 4 is 35.2 Å². The summed E-state index contributed by atoms with van der Waals surface area (Å²) in [5, 5.41) is 25.1. The molecule has 1 aliphatic carbocycles. The molecule has 0 saturated carbocycles. The van der Waals surface area contributed by atoms with E-state index in [0.29, 0.717) is 0 Å². The lowest BCUT2D eigenvalue weighted by Gasteiger charge is -2.38. The van der Waals surface area contributed by atoms with Crippen molar-refractivity contribution in [2.75, 3.05) is 7.11 Å². The first kappa shape index (κ1) is 40.8. The number of nitrogens with one attached hydrogen (secondary N) is 1. The number of rotatable bonds is 3. The number of fused-ring (bicyclic) bond motifs is 14. The zero-order valence-electron chi connectivity index (χ0n) is 31.5. The van der Waals surface area contributed by atoms with Gasteiger partial charge in [0.15, 0.2) is 5.78 Å². The molecule has 0 fully saturated rings. The van der Waals surface area contributed by atoms with Gasteiger partial charge in [0.25, 0.3) is 11.7 Å². The van der Waals surface area contributed by atoms with Crippen LogP contribution in [0.3, 0.4) is 0 Å². The number of aliphatic hydroxyl groups excluding tert-OH is 2. The van der Waals surface area contributed by atoms with E-state index in [0.717, 1.165) is 19.3 Å². The number of carbonyl (C=O) groups is 6. The molecular weight excluding hydrogens is 690 g/mol. The van der Waals surface area contributed by atoms with Gasteiger partial charge in [-0.3, -0.25) is 28.8 Å². The van der Waals surface area contributed by atoms with Crippen LogP contribution in [0.15, 0.2) is 47.9 Å². The van der Waals surface area contributed by atoms with Crippen LogP contribution in [0, 0.1) is 30.6 Å². The second-order valence-corrected chi connectivity index (χ2v) is 14.0. The number of hydrogen-bond donors (Lipinski definition) is 3. The van der Waals surface area contributed by atoms with Crippen molar-refractivity contribution in [2.45, 2.75) is 92.5 Å². The third-order valence-corrected chi connectivity index (χ3v) is 10.0. The highest BCUT2D eigenvalue weighted by Gasteiger charge is 2.52. The summed E-state index contributed by atoms with van der Waals surface area (Å²) in [5.41, 5.74) is -1.26. The van der Waals surface area contributed by atoms with Crippen molar-refractivity contribution in [1.29, 1.82) is 0 Å². The Bertz CT molecular complexity index is 1840. The Morgan fingerprint density at radius 3 is 2.15 bits per heavy atom. The molecule has 286 valence electrons. The second kappa shape index (κ2) is 16.0. The molecule has 5 rings (SSSR count). The molecule has 3 heterocycles. The first-order chi connectivity index (χ1) is 24.7. The van der Waals surface area contributed by atoms with Gasteiger partial charge in [-0.2, -0.15) is 0 Å². The molecule has 53 heavy (non-hydrogen) atoms. The van der Waals surface area contributed by atoms with Gasteiger partial charge in [-0.05, 0) is 19.9 Å². The molecule has 1 aromatic carbocycles. The van der Waals surface area contributed by atoms with E-state index >= 15 is 0 Å². The van der Waals surface area contributed by atoms with Crippen molar-refractivity contribution < 1.29 is 62.7 Å². The van der Waals surface area contributed by atoms with Gasteiger partial charge < -0.3 is 39.2 Å². The lowest BCUT2D eigenvalue weighted by Crippen LogP contribution is -2.46. The zero-order valence-corrected chi connectivity index (χ0v) is 31.5. The summed E-state index contributed by atoms with van der Waals surface area (Å²) in [6.07, 6.45) is 4.21. The van der Waals surface area contributed by atoms with E-state index in [1.54, 1.807) is 33.8 Å². The van der Waals surface area contributed by atoms with E-state index < -0.39 is 100 Å². The Balaban J connectivity index is 1.88. The van der Waals surface area contributed by atoms with Crippen LogP contribution >= 0.6 is 0 Å². The fourth-order valence-electron chi connectivity index (χ4n) is 6.88. The highest BCUT2D eigenvalue weighted by molar-refractivity contribution is 6.31. The van der Waals surface area contributed by atoms with Crippen molar-refractivity contribution in [1.82, 2.24) is 5.32 Å². The summed E-state index contributed by atoms with van der Waals surface area (Å²) in [7, 11) is 1.41. The third kappa shape index (κ3) is 8.04. The average Bonchev–Trinajstić information content (AvgIpc) is 3.36. The first-order valence-corrected chi connectivity index (χ1v) is 17.3. The number of hydrogen-bond acceptors (Lipinski definition) is 13. The number of allylic oxidation sites excluding steroid dienone is 4. The molecule has 0 unspecified atom stereocenters. The predicted molar refractivity (Wildman–Crippen MR) is 189 cm³/mol. The Kier molecular flexibility index (Phi) is 12.3. The maximum atomic E-state index is 14.1. The number of ketones is 3. The molecular formula is C39H47NO13. The van der Waals surface area contributed by atoms with Gasteiger partial charge in [-0.15, -0.1) is 0 Å². The average molecular weight is 738 g/mol. The van der Waals surface area contributed by atoms with Crippen LogP contribution in [-0.4, -0.2) is 82.7 Å². The quantitative estimate of drug-likeness (QED) is 0.299. The van der Waals surface area contributed by atoms with E-state index in [-0.39, 0.29) is 33.8 Å². The Labute approximate surface area is 307 Å². The second-order valence-electron chi connectivity index (χ2n) is 14.0. The molecule has 4 aliphatic rings. The lowest BCUT2D eigenvalue weighted by atomic mass is 9.78. The molecule has 5 bridgehead atoms. The lowest BCUT2D eigenvalue weighted by molar-refractivity contribution is -0.160. The van der Waals surface area contributed by atoms with Crippen LogP contribution in [0.5, 0.6) is 11.5 Å². The Morgan fingerprint density at radius 2 is 1.55 bits per heavy atom. The number of benzene rings is 1. The summed E-state index contributed by atoms with van der Waals surface area (Å²) in [4.78, 5) is 79.4. The monoisotopic (exact) mass is 737 g/mol. The summed E-state index contributed by atoms with van der Waals surface area (Å²) >= 11 is 0. The summed E-state index contributed by atoms with van der Waals surface area (Å²) < 4.78 is 28.7. The maximum Gasteiger partial charge on any atom is 0.312 e. The highest BCUT2D eigenvalue weighted by Crippen LogP contribution is 2.48. The normalized spacial score (nSPS) is 30.9. The van der Waals surface area contributed by atoms with Gasteiger partial charge in [0.1, 0.15) is 17.6 Å². The van der Waals surface area contributed by atoms with Crippen molar-refractivity contribution in [3.8, 4) is 11.5 Å². The maximum absolute atomic E-state index is 14.1. The van der Waals surface area contributed by atoms with E-state index in [2.05, 4.69) is 5.32 Å². The minimum atomic E-state index is -2.07. The minimum Gasteiger partial charge on any atom is -0.462 e. The summed E-state index contributed by atoms with van der Waals surface area (Å²) in [5.74, 6) is -9.71. The fraction of sp³-hybridized carbons (Fsp3) is 0.487. The number of methoxy groups -OCH3 is 1. The number of aliphatic hydroxyl groups is 2. The van der Waals surface area contributed by atoms with E-state index in [1.165, 1.54) is 53.0 Å². The molecule has 1 aromatic rings. The minimum absolute atomic E-state index is 0.0600. The molecule has 0 aromatic heterocycles. The standard InChI is InChI=1S/C39H47NO13/c1-17-12-11-13-18(2)38(48)40-25-16-26(43)28-29(33(25)46)35(52-24(8)42)22(6)36-30(28)37(47)39(9,53-36)50-15-14-27(49-10)19(3)34(51-23(7)41)21(5)32(45)20(4)31(17)44/h11-17,19-21,27,31-32,34,44-45H,1-10H3,(H,40,48)/t17-,19+,20-,21-,27+,31-,32-,34+,39-/m0/s1. The molecule has 0 spiro atoms. The van der Waals surface area contributed by atoms with Gasteiger partial charge in [0.2, 0.25) is 5.78 Å². The van der Waals surface area contributed by atoms with Gasteiger partial charge in [-0.1, -0.05) is 45.9 Å². The summed E-state index contributed by atoms with van der Waals surface area (Å²) in [6, 6.07) is 0. The van der Waals surface area contributed by atoms with Gasteiger partial charge in [0, 0.05) is 68.8 Å². The largest absolute Gasteiger partial charge is 0.462 e. The number of ether oxygens (including phenoxy) is 5. The van der Waals surface area contributed by atoms with Crippen LogP contribution in [0.25, 0.3) is 0 Å². The molecule has 3 aliphatic heterocycles. The molecule has 0 radical (unpaired) electrons. The van der Waals surface area contributed by atoms with Crippen LogP contribution in [0.4, 0.5) is 0 Å². The highest BCUT2D eigenvalue weighted by atomic mass is 16.7. The predicted octanol–water partition coefficient (Wildman–Crippen LogP) is 3.85. The topological polar surface area (TPSA) is 201 Å². The van der Waals surface area contributed by atoms with E-state index in [1.807, 2.05) is 0 Å². The third-order valence-electron chi connectivity index (χ3n) is 10.0. The molecule has 0 saturated heterocycles. The van der Waals surface area contributed by atoms with Crippen LogP contribution in [0.2, 0.25) is 0 Å². The Morgan fingerprint density at radius 1 is 0.887 bits per heavy atom. The van der Waals surface area contributed by atoms with Crippen molar-refractivity contribution in [2.24, 2.45) is 23.7 Å². The van der Waals surface area contributed by atoms with E-state index in [4.69, 9.17) is 23.7 Å². The number of Topliss-reactive ketones (excluding diaryl/α,β-unsaturated/α-hetero) is 2. The molecule has 14 heteroatoms. The smallest absolute Gasteiger partial charge is 0.312 e. The van der Waals surface area contributed by atoms with Crippen LogP contribution in [0.1, 0.15) is 92.0 Å². The first-order valence-electron chi connectivity index (χ1n) is 17.3. The number of carbonyl (C=O) groups excluding carboxylic acids is 6. The number of amides is 1. The van der Waals surface area contributed by atoms with Crippen molar-refractivity contribution in [3.05, 3.63) is 70.2 Å². The Hall–Kier alpha value is -4.92. The molecule has 9 atom stereocenters. The van der Waals surface area contributed by atoms with Gasteiger partial charge >= 0.3 is 17.7 Å². The SMILES string of the molecule is CO[C@@H]1C=CO[C@@]2(C)Oc3c(C)c(OC(C)=O)c4c(c3C2=O)C(=O)C=C(NC(=O)C(C)=CC=C[C@H](C)[C@H](O)[C@H](C)[C@H](O)[C@H](C)[C@H](OC(C)=O)[C@@H]1C)C4=O. The fourth-order valence-corrected chi connectivity index (χ4v) is 6.88. The van der Waals surface area contributed by atoms with Gasteiger partial charge in [-0.25, -0.2) is 0 Å². The molecule has 1 amide bonds. The molecule has 3 N–H and O–H groups in total. The summed E-state index contributed by atoms with van der Waals surface area (Å²) in [6.45, 7) is 13.4. The zero-order chi connectivity index (χ0) is 39.7. The van der Waals surface area contributed by atoms with Gasteiger partial charge in [0.05, 0.1) is 47.0 Å². The van der Waals surface area contributed by atoms with Crippen LogP contribution < -0.4 is 14.8 Å². The van der Waals surface area contributed by atoms with Crippen molar-refractivity contribution in [3.63, 3.8) is 0 Å². The number of esters is 2.